The number of hydrazone groups is 1. The molecule has 5 nitrogen and oxygen atoms in total. The van der Waals surface area contributed by atoms with E-state index in [0.717, 1.165) is 48.9 Å². The van der Waals surface area contributed by atoms with E-state index in [1.807, 2.05) is 36.4 Å². The fourth-order valence-electron chi connectivity index (χ4n) is 4.40. The van der Waals surface area contributed by atoms with E-state index >= 15 is 0 Å². The highest BCUT2D eigenvalue weighted by Gasteiger charge is 2.34. The van der Waals surface area contributed by atoms with E-state index in [4.69, 9.17) is 9.84 Å². The van der Waals surface area contributed by atoms with Crippen LogP contribution in [0.2, 0.25) is 0 Å². The van der Waals surface area contributed by atoms with E-state index in [1.165, 1.54) is 11.1 Å². The summed E-state index contributed by atoms with van der Waals surface area (Å²) in [5.74, 6) is 1.63. The Morgan fingerprint density at radius 3 is 2.63 bits per heavy atom. The van der Waals surface area contributed by atoms with E-state index < -0.39 is 0 Å². The fourth-order valence-corrected chi connectivity index (χ4v) is 4.40. The molecule has 1 amide bonds. The number of likely N-dealkylation sites (tertiary alicyclic amines) is 1. The van der Waals surface area contributed by atoms with Gasteiger partial charge in [0.15, 0.2) is 0 Å². The smallest absolute Gasteiger partial charge is 0.257 e. The van der Waals surface area contributed by atoms with Gasteiger partial charge in [-0.1, -0.05) is 43.3 Å². The van der Waals surface area contributed by atoms with Gasteiger partial charge in [-0.05, 0) is 62.0 Å². The van der Waals surface area contributed by atoms with Gasteiger partial charge in [0.1, 0.15) is 5.75 Å². The molecule has 0 N–H and O–H groups in total. The third kappa shape index (κ3) is 4.41. The molecule has 0 aliphatic carbocycles. The number of rotatable bonds is 5. The van der Waals surface area contributed by atoms with Crippen molar-refractivity contribution in [1.29, 1.82) is 0 Å². The Balaban J connectivity index is 1.61. The van der Waals surface area contributed by atoms with Crippen LogP contribution in [0, 0.1) is 12.8 Å². The Morgan fingerprint density at radius 1 is 1.13 bits per heavy atom. The molecule has 2 aromatic carbocycles. The number of aryl methyl sites for hydroxylation is 1. The highest BCUT2D eigenvalue weighted by atomic mass is 16.5. The summed E-state index contributed by atoms with van der Waals surface area (Å²) in [6.07, 6.45) is 3.03. The van der Waals surface area contributed by atoms with Crippen LogP contribution in [-0.2, 0) is 4.79 Å². The van der Waals surface area contributed by atoms with Gasteiger partial charge in [-0.3, -0.25) is 9.69 Å². The predicted molar refractivity (Wildman–Crippen MR) is 120 cm³/mol. The Labute approximate surface area is 179 Å². The second-order valence-corrected chi connectivity index (χ2v) is 8.55. The maximum Gasteiger partial charge on any atom is 0.257 e. The van der Waals surface area contributed by atoms with Crippen LogP contribution in [0.15, 0.2) is 53.6 Å². The van der Waals surface area contributed by atoms with Gasteiger partial charge in [0, 0.05) is 12.0 Å². The summed E-state index contributed by atoms with van der Waals surface area (Å²) in [5.41, 5.74) is 4.30. The van der Waals surface area contributed by atoms with Crippen LogP contribution in [0.1, 0.15) is 48.9 Å². The zero-order valence-electron chi connectivity index (χ0n) is 18.2. The van der Waals surface area contributed by atoms with Gasteiger partial charge in [-0.25, -0.2) is 5.01 Å². The van der Waals surface area contributed by atoms with Gasteiger partial charge in [-0.2, -0.15) is 5.10 Å². The zero-order valence-corrected chi connectivity index (χ0v) is 18.2. The number of carbonyl (C=O) groups is 1. The minimum atomic E-state index is -0.0661. The van der Waals surface area contributed by atoms with E-state index in [9.17, 15) is 4.79 Å². The lowest BCUT2D eigenvalue weighted by molar-refractivity contribution is -0.134. The predicted octanol–water partition coefficient (Wildman–Crippen LogP) is 4.41. The molecule has 2 aromatic rings. The lowest BCUT2D eigenvalue weighted by Crippen LogP contribution is -2.41. The molecule has 2 aliphatic rings. The van der Waals surface area contributed by atoms with Crippen LogP contribution in [0.25, 0.3) is 0 Å². The van der Waals surface area contributed by atoms with Gasteiger partial charge in [0.05, 0.1) is 25.4 Å². The van der Waals surface area contributed by atoms with Crippen molar-refractivity contribution < 1.29 is 9.53 Å². The summed E-state index contributed by atoms with van der Waals surface area (Å²) in [6, 6.07) is 16.2. The third-order valence-corrected chi connectivity index (χ3v) is 6.35. The summed E-state index contributed by atoms with van der Waals surface area (Å²) in [5, 5.41) is 6.56. The molecule has 30 heavy (non-hydrogen) atoms. The standard InChI is InChI=1S/C25H31N3O2/c1-18-11-13-27(14-12-18)17-25(29)28-24(22-10-5-4-7-19(22)2)16-23(26-28)20-8-6-9-21(15-20)30-3/h4-10,15,18,24H,11-14,16-17H2,1-3H3. The average Bonchev–Trinajstić information content (AvgIpc) is 3.21. The molecule has 1 atom stereocenters. The number of piperidine rings is 1. The quantitative estimate of drug-likeness (QED) is 0.740. The molecule has 0 aromatic heterocycles. The molecule has 1 saturated heterocycles. The first kappa shape index (κ1) is 20.6. The Hall–Kier alpha value is -2.66. The number of ether oxygens (including phenoxy) is 1. The molecule has 1 unspecified atom stereocenters. The van der Waals surface area contributed by atoms with Crippen molar-refractivity contribution in [2.45, 2.75) is 39.2 Å². The zero-order chi connectivity index (χ0) is 21.1. The molecule has 4 rings (SSSR count). The lowest BCUT2D eigenvalue weighted by atomic mass is 9.95. The summed E-state index contributed by atoms with van der Waals surface area (Å²) < 4.78 is 5.39. The number of methoxy groups -OCH3 is 1. The number of carbonyl (C=O) groups excluding carboxylic acids is 1. The van der Waals surface area contributed by atoms with Crippen LogP contribution >= 0.6 is 0 Å². The molecule has 2 aliphatic heterocycles. The second-order valence-electron chi connectivity index (χ2n) is 8.55. The molecule has 5 heteroatoms. The molecule has 2 heterocycles. The number of hydrogen-bond acceptors (Lipinski definition) is 4. The molecule has 158 valence electrons. The largest absolute Gasteiger partial charge is 0.497 e. The van der Waals surface area contributed by atoms with Crippen molar-refractivity contribution in [3.63, 3.8) is 0 Å². The third-order valence-electron chi connectivity index (χ3n) is 6.35. The number of benzene rings is 2. The summed E-state index contributed by atoms with van der Waals surface area (Å²) in [6.45, 7) is 6.81. The van der Waals surface area contributed by atoms with Gasteiger partial charge in [0.25, 0.3) is 5.91 Å². The summed E-state index contributed by atoms with van der Waals surface area (Å²) in [7, 11) is 1.67. The number of nitrogens with zero attached hydrogens (tertiary/aromatic N) is 3. The Kier molecular flexibility index (Phi) is 6.18. The van der Waals surface area contributed by atoms with Crippen molar-refractivity contribution in [2.75, 3.05) is 26.7 Å². The van der Waals surface area contributed by atoms with Crippen molar-refractivity contribution >= 4 is 11.6 Å². The van der Waals surface area contributed by atoms with Crippen molar-refractivity contribution in [1.82, 2.24) is 9.91 Å². The monoisotopic (exact) mass is 405 g/mol. The highest BCUT2D eigenvalue weighted by molar-refractivity contribution is 6.03. The first-order valence-corrected chi connectivity index (χ1v) is 10.9. The summed E-state index contributed by atoms with van der Waals surface area (Å²) >= 11 is 0. The first-order valence-electron chi connectivity index (χ1n) is 10.9. The van der Waals surface area contributed by atoms with Crippen LogP contribution in [0.4, 0.5) is 0 Å². The van der Waals surface area contributed by atoms with E-state index in [0.29, 0.717) is 13.0 Å². The minimum Gasteiger partial charge on any atom is -0.497 e. The van der Waals surface area contributed by atoms with Crippen molar-refractivity contribution in [3.05, 3.63) is 65.2 Å². The van der Waals surface area contributed by atoms with Crippen LogP contribution in [0.3, 0.4) is 0 Å². The molecule has 1 fully saturated rings. The molecule has 0 spiro atoms. The fraction of sp³-hybridized carbons (Fsp3) is 0.440. The number of amides is 1. The van der Waals surface area contributed by atoms with Gasteiger partial charge in [0.2, 0.25) is 0 Å². The van der Waals surface area contributed by atoms with Crippen LogP contribution < -0.4 is 4.74 Å². The normalized spacial score (nSPS) is 20.3. The minimum absolute atomic E-state index is 0.0661. The molecular weight excluding hydrogens is 374 g/mol. The topological polar surface area (TPSA) is 45.1 Å². The highest BCUT2D eigenvalue weighted by Crippen LogP contribution is 2.35. The SMILES string of the molecule is COc1cccc(C2=NN(C(=O)CN3CCC(C)CC3)C(c3ccccc3C)C2)c1. The Bertz CT molecular complexity index is 931. The molecule has 0 bridgehead atoms. The Morgan fingerprint density at radius 2 is 1.90 bits per heavy atom. The van der Waals surface area contributed by atoms with E-state index in [-0.39, 0.29) is 11.9 Å². The summed E-state index contributed by atoms with van der Waals surface area (Å²) in [4.78, 5) is 15.6. The average molecular weight is 406 g/mol. The van der Waals surface area contributed by atoms with Gasteiger partial charge < -0.3 is 4.74 Å². The van der Waals surface area contributed by atoms with Crippen LogP contribution in [0.5, 0.6) is 5.75 Å². The van der Waals surface area contributed by atoms with Crippen molar-refractivity contribution in [3.8, 4) is 5.75 Å². The van der Waals surface area contributed by atoms with E-state index in [1.54, 1.807) is 12.1 Å². The van der Waals surface area contributed by atoms with Crippen molar-refractivity contribution in [2.24, 2.45) is 11.0 Å². The lowest BCUT2D eigenvalue weighted by Gasteiger charge is -2.31. The van der Waals surface area contributed by atoms with Gasteiger partial charge >= 0.3 is 0 Å². The maximum absolute atomic E-state index is 13.3. The number of hydrogen-bond donors (Lipinski definition) is 0. The van der Waals surface area contributed by atoms with E-state index in [2.05, 4.69) is 30.9 Å². The first-order chi connectivity index (χ1) is 14.5. The molecular formula is C25H31N3O2. The molecule has 0 saturated carbocycles. The molecule has 0 radical (unpaired) electrons. The maximum atomic E-state index is 13.3. The second kappa shape index (κ2) is 9.00. The van der Waals surface area contributed by atoms with Crippen LogP contribution in [-0.4, -0.2) is 48.3 Å². The van der Waals surface area contributed by atoms with Gasteiger partial charge in [-0.15, -0.1) is 0 Å².